The second-order valence-electron chi connectivity index (χ2n) is 8.24. The van der Waals surface area contributed by atoms with Crippen LogP contribution in [0.5, 0.6) is 11.6 Å². The summed E-state index contributed by atoms with van der Waals surface area (Å²) >= 11 is 6.41. The highest BCUT2D eigenvalue weighted by molar-refractivity contribution is 6.34. The van der Waals surface area contributed by atoms with Gasteiger partial charge in [-0.15, -0.1) is 0 Å². The van der Waals surface area contributed by atoms with Crippen molar-refractivity contribution in [1.82, 2.24) is 15.3 Å². The van der Waals surface area contributed by atoms with Gasteiger partial charge in [-0.3, -0.25) is 9.59 Å². The first-order valence-corrected chi connectivity index (χ1v) is 11.1. The van der Waals surface area contributed by atoms with E-state index in [1.165, 1.54) is 13.3 Å². The zero-order valence-corrected chi connectivity index (χ0v) is 19.6. The molecule has 0 aliphatic carbocycles. The average Bonchev–Trinajstić information content (AvgIpc) is 3.20. The summed E-state index contributed by atoms with van der Waals surface area (Å²) in [6.45, 7) is 8.46. The maximum absolute atomic E-state index is 12.2. The number of carbonyl (C=O) groups is 2. The predicted octanol–water partition coefficient (Wildman–Crippen LogP) is 3.38. The Morgan fingerprint density at radius 3 is 2.59 bits per heavy atom. The van der Waals surface area contributed by atoms with Crippen molar-refractivity contribution in [3.05, 3.63) is 41.2 Å². The number of ketones is 1. The van der Waals surface area contributed by atoms with Crippen LogP contribution in [0.15, 0.2) is 30.6 Å². The molecule has 2 atom stereocenters. The standard InChI is InChI=1S/C23H29ClN4O4/c1-14(2)27-22(30)16(4)17-5-7-18(8-6-17)32-19-9-10-28(11-19)21-20(24)23(26-13-25-21)31-12-15(3)29/h5-8,13-14,16,19H,9-12H2,1-4H3,(H,27,30)/t16?,19-/m1/s1. The van der Waals surface area contributed by atoms with E-state index >= 15 is 0 Å². The van der Waals surface area contributed by atoms with Gasteiger partial charge in [-0.1, -0.05) is 23.7 Å². The van der Waals surface area contributed by atoms with Crippen molar-refractivity contribution in [3.8, 4) is 11.6 Å². The first-order valence-electron chi connectivity index (χ1n) is 10.7. The Hall–Kier alpha value is -2.87. The number of carbonyl (C=O) groups excluding carboxylic acids is 2. The molecular weight excluding hydrogens is 432 g/mol. The van der Waals surface area contributed by atoms with Gasteiger partial charge < -0.3 is 19.7 Å². The van der Waals surface area contributed by atoms with Crippen molar-refractivity contribution in [3.63, 3.8) is 0 Å². The topological polar surface area (TPSA) is 93.7 Å². The number of nitrogens with zero attached hydrogens (tertiary/aromatic N) is 3. The van der Waals surface area contributed by atoms with Crippen molar-refractivity contribution in [2.24, 2.45) is 0 Å². The average molecular weight is 461 g/mol. The lowest BCUT2D eigenvalue weighted by molar-refractivity contribution is -0.122. The first-order chi connectivity index (χ1) is 15.2. The third-order valence-corrected chi connectivity index (χ3v) is 5.43. The molecule has 1 aliphatic heterocycles. The molecule has 1 amide bonds. The quantitative estimate of drug-likeness (QED) is 0.613. The smallest absolute Gasteiger partial charge is 0.238 e. The Labute approximate surface area is 193 Å². The molecule has 172 valence electrons. The highest BCUT2D eigenvalue weighted by Crippen LogP contribution is 2.33. The van der Waals surface area contributed by atoms with Gasteiger partial charge in [0.1, 0.15) is 29.8 Å². The highest BCUT2D eigenvalue weighted by atomic mass is 35.5. The molecule has 1 saturated heterocycles. The molecule has 0 bridgehead atoms. The summed E-state index contributed by atoms with van der Waals surface area (Å²) in [5.41, 5.74) is 0.939. The molecule has 1 aliphatic rings. The second-order valence-corrected chi connectivity index (χ2v) is 8.61. The van der Waals surface area contributed by atoms with Crippen LogP contribution < -0.4 is 19.7 Å². The lowest BCUT2D eigenvalue weighted by Crippen LogP contribution is -2.33. The third-order valence-electron chi connectivity index (χ3n) is 5.10. The van der Waals surface area contributed by atoms with E-state index in [0.717, 1.165) is 24.3 Å². The summed E-state index contributed by atoms with van der Waals surface area (Å²) in [7, 11) is 0. The van der Waals surface area contributed by atoms with E-state index in [0.29, 0.717) is 12.4 Å². The van der Waals surface area contributed by atoms with Crippen LogP contribution in [0.3, 0.4) is 0 Å². The third kappa shape index (κ3) is 6.09. The zero-order valence-electron chi connectivity index (χ0n) is 18.8. The van der Waals surface area contributed by atoms with E-state index in [4.69, 9.17) is 21.1 Å². The van der Waals surface area contributed by atoms with Crippen LogP contribution in [-0.2, 0) is 9.59 Å². The maximum Gasteiger partial charge on any atom is 0.238 e. The van der Waals surface area contributed by atoms with E-state index in [2.05, 4.69) is 15.3 Å². The van der Waals surface area contributed by atoms with Crippen molar-refractivity contribution in [1.29, 1.82) is 0 Å². The molecule has 2 heterocycles. The molecule has 1 fully saturated rings. The van der Waals surface area contributed by atoms with Crippen LogP contribution in [0.1, 0.15) is 45.6 Å². The maximum atomic E-state index is 12.2. The number of benzene rings is 1. The Morgan fingerprint density at radius 1 is 1.22 bits per heavy atom. The van der Waals surface area contributed by atoms with Crippen LogP contribution in [0.4, 0.5) is 5.82 Å². The first kappa shape index (κ1) is 23.8. The summed E-state index contributed by atoms with van der Waals surface area (Å²) in [5.74, 6) is 1.17. The second kappa shape index (κ2) is 10.6. The number of hydrogen-bond acceptors (Lipinski definition) is 7. The van der Waals surface area contributed by atoms with Gasteiger partial charge in [0.2, 0.25) is 11.8 Å². The van der Waals surface area contributed by atoms with Crippen molar-refractivity contribution >= 4 is 29.1 Å². The number of anilines is 1. The van der Waals surface area contributed by atoms with Gasteiger partial charge in [0.15, 0.2) is 11.6 Å². The molecule has 3 rings (SSSR count). The van der Waals surface area contributed by atoms with E-state index < -0.39 is 0 Å². The Kier molecular flexibility index (Phi) is 7.90. The molecule has 8 nitrogen and oxygen atoms in total. The van der Waals surface area contributed by atoms with E-state index in [9.17, 15) is 9.59 Å². The molecule has 0 radical (unpaired) electrons. The van der Waals surface area contributed by atoms with Gasteiger partial charge in [-0.05, 0) is 45.4 Å². The monoisotopic (exact) mass is 460 g/mol. The Morgan fingerprint density at radius 2 is 1.94 bits per heavy atom. The van der Waals surface area contributed by atoms with E-state index in [1.807, 2.05) is 49.9 Å². The largest absolute Gasteiger partial charge is 0.489 e. The number of ether oxygens (including phenoxy) is 2. The van der Waals surface area contributed by atoms with Crippen LogP contribution >= 0.6 is 11.6 Å². The molecule has 1 aromatic carbocycles. The van der Waals surface area contributed by atoms with Crippen LogP contribution in [-0.4, -0.2) is 53.5 Å². The van der Waals surface area contributed by atoms with Gasteiger partial charge >= 0.3 is 0 Å². The number of rotatable bonds is 9. The van der Waals surface area contributed by atoms with Gasteiger partial charge in [0, 0.05) is 19.0 Å². The Bertz CT molecular complexity index is 952. The summed E-state index contributed by atoms with van der Waals surface area (Å²) < 4.78 is 11.5. The van der Waals surface area contributed by atoms with Crippen LogP contribution in [0.25, 0.3) is 0 Å². The normalized spacial score (nSPS) is 16.7. The van der Waals surface area contributed by atoms with Gasteiger partial charge in [0.05, 0.1) is 12.5 Å². The van der Waals surface area contributed by atoms with Crippen molar-refractivity contribution in [2.75, 3.05) is 24.6 Å². The van der Waals surface area contributed by atoms with E-state index in [1.54, 1.807) is 0 Å². The molecule has 1 unspecified atom stereocenters. The number of halogens is 1. The zero-order chi connectivity index (χ0) is 23.3. The van der Waals surface area contributed by atoms with Crippen molar-refractivity contribution < 1.29 is 19.1 Å². The number of Topliss-reactive ketones (excluding diaryl/α,β-unsaturated/α-hetero) is 1. The molecule has 0 spiro atoms. The lowest BCUT2D eigenvalue weighted by atomic mass is 10.00. The summed E-state index contributed by atoms with van der Waals surface area (Å²) in [4.78, 5) is 33.7. The number of nitrogens with one attached hydrogen (secondary N) is 1. The van der Waals surface area contributed by atoms with Gasteiger partial charge in [-0.2, -0.15) is 0 Å². The molecule has 32 heavy (non-hydrogen) atoms. The Balaban J connectivity index is 1.59. The molecule has 1 aromatic heterocycles. The van der Waals surface area contributed by atoms with Gasteiger partial charge in [-0.25, -0.2) is 9.97 Å². The number of amides is 1. The fraction of sp³-hybridized carbons (Fsp3) is 0.478. The minimum atomic E-state index is -0.229. The summed E-state index contributed by atoms with van der Waals surface area (Å²) in [6.07, 6.45) is 2.15. The fourth-order valence-electron chi connectivity index (χ4n) is 3.44. The molecule has 9 heteroatoms. The van der Waals surface area contributed by atoms with E-state index in [-0.39, 0.29) is 47.3 Å². The summed E-state index contributed by atoms with van der Waals surface area (Å²) in [5, 5.41) is 3.22. The molecule has 1 N–H and O–H groups in total. The lowest BCUT2D eigenvalue weighted by Gasteiger charge is -2.20. The minimum Gasteiger partial charge on any atom is -0.489 e. The van der Waals surface area contributed by atoms with Crippen LogP contribution in [0.2, 0.25) is 5.02 Å². The highest BCUT2D eigenvalue weighted by Gasteiger charge is 2.28. The SMILES string of the molecule is CC(=O)COc1ncnc(N2CC[C@@H](Oc3ccc(C(C)C(=O)NC(C)C)cc3)C2)c1Cl. The predicted molar refractivity (Wildman–Crippen MR) is 123 cm³/mol. The molecule has 0 saturated carbocycles. The van der Waals surface area contributed by atoms with Gasteiger partial charge in [0.25, 0.3) is 0 Å². The number of aromatic nitrogens is 2. The number of hydrogen-bond donors (Lipinski definition) is 1. The molecule has 2 aromatic rings. The minimum absolute atomic E-state index is 0.00786. The summed E-state index contributed by atoms with van der Waals surface area (Å²) in [6, 6.07) is 7.74. The molecular formula is C23H29ClN4O4. The fourth-order valence-corrected chi connectivity index (χ4v) is 3.71. The van der Waals surface area contributed by atoms with Crippen molar-refractivity contribution in [2.45, 2.75) is 52.2 Å². The van der Waals surface area contributed by atoms with Crippen LogP contribution in [0, 0.1) is 0 Å².